The SMILES string of the molecule is CC(C)(C)SC(=S)S.[K+]. The van der Waals surface area contributed by atoms with E-state index in [2.05, 4.69) is 33.4 Å². The van der Waals surface area contributed by atoms with Crippen molar-refractivity contribution < 1.29 is 51.4 Å². The van der Waals surface area contributed by atoms with Crippen LogP contribution in [-0.2, 0) is 0 Å². The second kappa shape index (κ2) is 6.00. The maximum Gasteiger partial charge on any atom is 1.00 e. The van der Waals surface area contributed by atoms with Gasteiger partial charge in [-0.1, -0.05) is 33.0 Å². The Morgan fingerprint density at radius 1 is 1.44 bits per heavy atom. The number of thiol groups is 1. The van der Waals surface area contributed by atoms with Crippen LogP contribution in [0.2, 0.25) is 0 Å². The molecule has 0 radical (unpaired) electrons. The molecule has 0 aliphatic carbocycles. The molecule has 0 atom stereocenters. The number of hydrogen-bond donors (Lipinski definition) is 1. The van der Waals surface area contributed by atoms with Crippen molar-refractivity contribution in [3.05, 3.63) is 0 Å². The van der Waals surface area contributed by atoms with Crippen LogP contribution in [0.3, 0.4) is 0 Å². The summed E-state index contributed by atoms with van der Waals surface area (Å²) in [6, 6.07) is 0. The molecule has 0 fully saturated rings. The Bertz CT molecular complexity index is 94.9. The molecule has 0 saturated carbocycles. The van der Waals surface area contributed by atoms with E-state index in [1.165, 1.54) is 0 Å². The average molecular weight is 205 g/mol. The summed E-state index contributed by atoms with van der Waals surface area (Å²) in [5.41, 5.74) is 0. The van der Waals surface area contributed by atoms with Crippen LogP contribution in [0.25, 0.3) is 0 Å². The maximum absolute atomic E-state index is 4.77. The van der Waals surface area contributed by atoms with Crippen molar-refractivity contribution in [3.63, 3.8) is 0 Å². The third-order valence-corrected chi connectivity index (χ3v) is 1.70. The summed E-state index contributed by atoms with van der Waals surface area (Å²) >= 11 is 10.4. The number of thiocarbonyl (C=S) groups is 1. The van der Waals surface area contributed by atoms with E-state index in [0.29, 0.717) is 0 Å². The van der Waals surface area contributed by atoms with Crippen molar-refractivity contribution in [2.75, 3.05) is 0 Å². The Morgan fingerprint density at radius 2 is 1.78 bits per heavy atom. The van der Waals surface area contributed by atoms with Crippen molar-refractivity contribution in [1.29, 1.82) is 0 Å². The van der Waals surface area contributed by atoms with E-state index >= 15 is 0 Å². The molecule has 0 nitrogen and oxygen atoms in total. The van der Waals surface area contributed by atoms with Gasteiger partial charge in [-0.15, -0.1) is 24.4 Å². The van der Waals surface area contributed by atoms with Gasteiger partial charge in [0.2, 0.25) is 0 Å². The Kier molecular flexibility index (Phi) is 9.32. The van der Waals surface area contributed by atoms with Gasteiger partial charge in [-0.2, -0.15) is 0 Å². The standard InChI is InChI=1S/C5H10S3.K/c1-5(2,3)8-4(6)7;/h1-3H3,(H,6,7);/q;+1. The van der Waals surface area contributed by atoms with E-state index in [9.17, 15) is 0 Å². The van der Waals surface area contributed by atoms with Gasteiger partial charge in [0.25, 0.3) is 0 Å². The normalized spacial score (nSPS) is 10.2. The van der Waals surface area contributed by atoms with Crippen LogP contribution in [-0.4, -0.2) is 8.28 Å². The zero-order valence-electron chi connectivity index (χ0n) is 6.26. The van der Waals surface area contributed by atoms with Gasteiger partial charge in [-0.25, -0.2) is 0 Å². The summed E-state index contributed by atoms with van der Waals surface area (Å²) < 4.78 is 0.941. The second-order valence-electron chi connectivity index (χ2n) is 2.48. The summed E-state index contributed by atoms with van der Waals surface area (Å²) in [5, 5.41) is 0. The smallest absolute Gasteiger partial charge is 0.125 e. The van der Waals surface area contributed by atoms with Crippen molar-refractivity contribution in [1.82, 2.24) is 0 Å². The minimum absolute atomic E-state index is 0. The van der Waals surface area contributed by atoms with Crippen molar-refractivity contribution in [3.8, 4) is 0 Å². The number of hydrogen-bond acceptors (Lipinski definition) is 2. The molecule has 0 heterocycles. The second-order valence-corrected chi connectivity index (χ2v) is 6.04. The molecular weight excluding hydrogens is 195 g/mol. The van der Waals surface area contributed by atoms with E-state index in [1.54, 1.807) is 11.8 Å². The molecule has 0 aliphatic rings. The molecular formula is C5H10KS3+. The minimum atomic E-state index is 0. The van der Waals surface area contributed by atoms with E-state index in [0.717, 1.165) is 3.53 Å². The Morgan fingerprint density at radius 3 is 1.78 bits per heavy atom. The topological polar surface area (TPSA) is 0 Å². The molecule has 0 unspecified atom stereocenters. The molecule has 0 spiro atoms. The molecule has 0 saturated heterocycles. The summed E-state index contributed by atoms with van der Waals surface area (Å²) in [6.07, 6.45) is 0. The molecule has 0 aromatic carbocycles. The monoisotopic (exact) mass is 205 g/mol. The molecule has 0 aromatic rings. The molecule has 0 bridgehead atoms. The molecule has 0 rings (SSSR count). The van der Waals surface area contributed by atoms with E-state index in [-0.39, 0.29) is 56.1 Å². The predicted molar refractivity (Wildman–Crippen MR) is 48.9 cm³/mol. The molecule has 0 amide bonds. The molecule has 0 N–H and O–H groups in total. The van der Waals surface area contributed by atoms with Crippen LogP contribution >= 0.6 is 36.6 Å². The fourth-order valence-electron chi connectivity index (χ4n) is 0.262. The van der Waals surface area contributed by atoms with Crippen LogP contribution in [0.15, 0.2) is 0 Å². The Labute approximate surface area is 115 Å². The first-order valence-corrected chi connectivity index (χ1v) is 4.01. The Hall–Kier alpha value is 2.43. The molecule has 4 heteroatoms. The first-order chi connectivity index (χ1) is 3.42. The molecule has 48 valence electrons. The number of rotatable bonds is 0. The minimum Gasteiger partial charge on any atom is -0.125 e. The zero-order chi connectivity index (χ0) is 6.78. The quantitative estimate of drug-likeness (QED) is 0.329. The van der Waals surface area contributed by atoms with Crippen LogP contribution in [0, 0.1) is 0 Å². The molecule has 0 aromatic heterocycles. The van der Waals surface area contributed by atoms with Gasteiger partial charge in [-0.05, 0) is 0 Å². The van der Waals surface area contributed by atoms with E-state index in [4.69, 9.17) is 12.2 Å². The van der Waals surface area contributed by atoms with E-state index in [1.807, 2.05) is 0 Å². The fourth-order valence-corrected chi connectivity index (χ4v) is 2.36. The predicted octanol–water partition coefficient (Wildman–Crippen LogP) is -0.263. The summed E-state index contributed by atoms with van der Waals surface area (Å²) in [6.45, 7) is 6.33. The van der Waals surface area contributed by atoms with Gasteiger partial charge in [-0.3, -0.25) is 0 Å². The third kappa shape index (κ3) is 13.4. The van der Waals surface area contributed by atoms with Crippen LogP contribution < -0.4 is 51.4 Å². The third-order valence-electron chi connectivity index (χ3n) is 0.393. The summed E-state index contributed by atoms with van der Waals surface area (Å²) in [4.78, 5) is 0. The van der Waals surface area contributed by atoms with E-state index < -0.39 is 0 Å². The van der Waals surface area contributed by atoms with Gasteiger partial charge >= 0.3 is 51.4 Å². The van der Waals surface area contributed by atoms with Gasteiger partial charge in [0.1, 0.15) is 3.53 Å². The van der Waals surface area contributed by atoms with Gasteiger partial charge in [0.15, 0.2) is 0 Å². The fraction of sp³-hybridized carbons (Fsp3) is 0.800. The van der Waals surface area contributed by atoms with Crippen molar-refractivity contribution in [2.24, 2.45) is 0 Å². The van der Waals surface area contributed by atoms with Crippen LogP contribution in [0.4, 0.5) is 0 Å². The van der Waals surface area contributed by atoms with Gasteiger partial charge in [0.05, 0.1) is 0 Å². The average Bonchev–Trinajstić information content (AvgIpc) is 1.21. The largest absolute Gasteiger partial charge is 1.00 e. The zero-order valence-corrected chi connectivity index (χ0v) is 11.9. The van der Waals surface area contributed by atoms with Crippen LogP contribution in [0.1, 0.15) is 20.8 Å². The first-order valence-electron chi connectivity index (χ1n) is 2.34. The maximum atomic E-state index is 4.77. The van der Waals surface area contributed by atoms with Crippen molar-refractivity contribution >= 4 is 40.1 Å². The van der Waals surface area contributed by atoms with Crippen molar-refractivity contribution in [2.45, 2.75) is 25.5 Å². The number of thioether (sulfide) groups is 1. The first kappa shape index (κ1) is 14.0. The van der Waals surface area contributed by atoms with Crippen LogP contribution in [0.5, 0.6) is 0 Å². The molecule has 0 aliphatic heterocycles. The Balaban J connectivity index is 0. The summed E-state index contributed by atoms with van der Waals surface area (Å²) in [7, 11) is 0. The summed E-state index contributed by atoms with van der Waals surface area (Å²) in [5.74, 6) is 0. The van der Waals surface area contributed by atoms with Gasteiger partial charge in [0, 0.05) is 4.75 Å². The molecule has 9 heavy (non-hydrogen) atoms. The van der Waals surface area contributed by atoms with Gasteiger partial charge < -0.3 is 0 Å².